The number of hydrogen-bond acceptors (Lipinski definition) is 6. The summed E-state index contributed by atoms with van der Waals surface area (Å²) < 4.78 is 10.8. The molecule has 226 valence electrons. The van der Waals surface area contributed by atoms with Crippen molar-refractivity contribution in [1.29, 1.82) is 0 Å². The predicted octanol–water partition coefficient (Wildman–Crippen LogP) is 7.28. The van der Waals surface area contributed by atoms with E-state index in [9.17, 15) is 14.4 Å². The second-order valence-corrected chi connectivity index (χ2v) is 11.1. The Hall–Kier alpha value is -4.73. The fourth-order valence-electron chi connectivity index (χ4n) is 4.16. The fraction of sp³-hybridized carbons (Fsp3) is 0.147. The minimum Gasteiger partial charge on any atom is -0.497 e. The van der Waals surface area contributed by atoms with E-state index in [0.717, 1.165) is 4.90 Å². The standard InChI is InChI=1S/C34H32ClN3O5S/c1-4-31(34(41)37-28-16-9-8-15-27(28)35)44-26-14-10-13-24(21-26)36-33(40)29(38-32(39)22-11-6-5-7-12-22)20-23-19-25(42-2)17-18-30(23)43-3/h5-21,31H,4H2,1-3H3,(H,36,40)(H,37,41)(H,38,39)/b29-20+. The van der Waals surface area contributed by atoms with Crippen LogP contribution >= 0.6 is 23.4 Å². The number of benzene rings is 4. The van der Waals surface area contributed by atoms with Crippen LogP contribution in [0, 0.1) is 0 Å². The first-order valence-electron chi connectivity index (χ1n) is 13.7. The van der Waals surface area contributed by atoms with E-state index in [-0.39, 0.29) is 11.6 Å². The van der Waals surface area contributed by atoms with Crippen molar-refractivity contribution in [3.05, 3.63) is 119 Å². The van der Waals surface area contributed by atoms with Gasteiger partial charge in [0, 0.05) is 21.7 Å². The van der Waals surface area contributed by atoms with Crippen LogP contribution in [0.4, 0.5) is 11.4 Å². The Labute approximate surface area is 265 Å². The first-order valence-corrected chi connectivity index (χ1v) is 15.0. The summed E-state index contributed by atoms with van der Waals surface area (Å²) in [7, 11) is 3.05. The largest absolute Gasteiger partial charge is 0.497 e. The lowest BCUT2D eigenvalue weighted by Gasteiger charge is -2.16. The van der Waals surface area contributed by atoms with Gasteiger partial charge in [0.2, 0.25) is 5.91 Å². The summed E-state index contributed by atoms with van der Waals surface area (Å²) in [6.07, 6.45) is 2.10. The van der Waals surface area contributed by atoms with Crippen molar-refractivity contribution in [2.24, 2.45) is 0 Å². The number of ether oxygens (including phenoxy) is 2. The lowest BCUT2D eigenvalue weighted by molar-refractivity contribution is -0.116. The Morgan fingerprint density at radius 3 is 2.32 bits per heavy atom. The first kappa shape index (κ1) is 32.2. The maximum absolute atomic E-state index is 13.6. The Balaban J connectivity index is 1.56. The van der Waals surface area contributed by atoms with E-state index in [1.807, 2.05) is 13.0 Å². The molecule has 0 fully saturated rings. The predicted molar refractivity (Wildman–Crippen MR) is 177 cm³/mol. The SMILES string of the molecule is CCC(Sc1cccc(NC(=O)/C(=C\c2cc(OC)ccc2OC)NC(=O)c2ccccc2)c1)C(=O)Nc1ccccc1Cl. The highest BCUT2D eigenvalue weighted by Gasteiger charge is 2.20. The summed E-state index contributed by atoms with van der Waals surface area (Å²) in [5, 5.41) is 8.54. The third-order valence-electron chi connectivity index (χ3n) is 6.43. The van der Waals surface area contributed by atoms with E-state index in [1.165, 1.54) is 32.1 Å². The molecular weight excluding hydrogens is 598 g/mol. The van der Waals surface area contributed by atoms with Gasteiger partial charge in [0.25, 0.3) is 11.8 Å². The van der Waals surface area contributed by atoms with Crippen LogP contribution in [0.25, 0.3) is 6.08 Å². The molecule has 3 N–H and O–H groups in total. The average Bonchev–Trinajstić information content (AvgIpc) is 3.04. The highest BCUT2D eigenvalue weighted by atomic mass is 35.5. The second kappa shape index (κ2) is 15.7. The van der Waals surface area contributed by atoms with Crippen LogP contribution in [-0.2, 0) is 9.59 Å². The van der Waals surface area contributed by atoms with Gasteiger partial charge >= 0.3 is 0 Å². The Morgan fingerprint density at radius 1 is 0.864 bits per heavy atom. The highest BCUT2D eigenvalue weighted by Crippen LogP contribution is 2.30. The van der Waals surface area contributed by atoms with Crippen molar-refractivity contribution in [1.82, 2.24) is 5.32 Å². The molecule has 0 heterocycles. The molecule has 0 aliphatic rings. The molecule has 0 radical (unpaired) electrons. The third kappa shape index (κ3) is 8.65. The zero-order valence-corrected chi connectivity index (χ0v) is 26.0. The normalized spacial score (nSPS) is 11.7. The van der Waals surface area contributed by atoms with E-state index < -0.39 is 17.1 Å². The zero-order valence-electron chi connectivity index (χ0n) is 24.4. The monoisotopic (exact) mass is 629 g/mol. The molecular formula is C34H32ClN3O5S. The van der Waals surface area contributed by atoms with E-state index in [1.54, 1.807) is 91.0 Å². The number of anilines is 2. The van der Waals surface area contributed by atoms with Crippen LogP contribution < -0.4 is 25.4 Å². The summed E-state index contributed by atoms with van der Waals surface area (Å²) in [5.41, 5.74) is 1.95. The minimum atomic E-state index is -0.551. The second-order valence-electron chi connectivity index (χ2n) is 9.45. The number of carbonyl (C=O) groups is 3. The average molecular weight is 630 g/mol. The Bertz CT molecular complexity index is 1660. The molecule has 1 unspecified atom stereocenters. The van der Waals surface area contributed by atoms with Gasteiger partial charge in [-0.1, -0.05) is 54.9 Å². The topological polar surface area (TPSA) is 106 Å². The van der Waals surface area contributed by atoms with Crippen molar-refractivity contribution in [3.63, 3.8) is 0 Å². The number of carbonyl (C=O) groups excluding carboxylic acids is 3. The van der Waals surface area contributed by atoms with E-state index in [2.05, 4.69) is 16.0 Å². The van der Waals surface area contributed by atoms with Crippen LogP contribution in [0.2, 0.25) is 5.02 Å². The number of nitrogens with one attached hydrogen (secondary N) is 3. The van der Waals surface area contributed by atoms with Crippen molar-refractivity contribution >= 4 is 58.5 Å². The van der Waals surface area contributed by atoms with Gasteiger partial charge < -0.3 is 25.4 Å². The summed E-state index contributed by atoms with van der Waals surface area (Å²) in [6, 6.07) is 28.0. The molecule has 8 nitrogen and oxygen atoms in total. The van der Waals surface area contributed by atoms with Crippen molar-refractivity contribution in [2.45, 2.75) is 23.5 Å². The van der Waals surface area contributed by atoms with Gasteiger partial charge in [0.05, 0.1) is 30.2 Å². The van der Waals surface area contributed by atoms with Crippen molar-refractivity contribution < 1.29 is 23.9 Å². The highest BCUT2D eigenvalue weighted by molar-refractivity contribution is 8.00. The van der Waals surface area contributed by atoms with Gasteiger partial charge in [-0.25, -0.2) is 0 Å². The quantitative estimate of drug-likeness (QED) is 0.112. The molecule has 0 saturated heterocycles. The Kier molecular flexibility index (Phi) is 11.5. The fourth-order valence-corrected chi connectivity index (χ4v) is 5.35. The summed E-state index contributed by atoms with van der Waals surface area (Å²) in [6.45, 7) is 1.93. The van der Waals surface area contributed by atoms with Gasteiger partial charge in [-0.2, -0.15) is 0 Å². The van der Waals surface area contributed by atoms with Gasteiger partial charge in [-0.15, -0.1) is 11.8 Å². The molecule has 4 rings (SSSR count). The van der Waals surface area contributed by atoms with Crippen LogP contribution in [0.15, 0.2) is 108 Å². The number of thioether (sulfide) groups is 1. The van der Waals surface area contributed by atoms with Gasteiger partial charge in [-0.05, 0) is 73.2 Å². The van der Waals surface area contributed by atoms with Gasteiger partial charge in [0.1, 0.15) is 17.2 Å². The Morgan fingerprint density at radius 2 is 1.61 bits per heavy atom. The molecule has 0 aliphatic heterocycles. The molecule has 0 bridgehead atoms. The lowest BCUT2D eigenvalue weighted by atomic mass is 10.1. The smallest absolute Gasteiger partial charge is 0.272 e. The number of methoxy groups -OCH3 is 2. The van der Waals surface area contributed by atoms with E-state index in [0.29, 0.717) is 45.4 Å². The van der Waals surface area contributed by atoms with Crippen molar-refractivity contribution in [2.75, 3.05) is 24.9 Å². The molecule has 1 atom stereocenters. The molecule has 0 aliphatic carbocycles. The van der Waals surface area contributed by atoms with Crippen LogP contribution in [0.3, 0.4) is 0 Å². The molecule has 4 aromatic carbocycles. The van der Waals surface area contributed by atoms with Gasteiger partial charge in [-0.3, -0.25) is 14.4 Å². The van der Waals surface area contributed by atoms with E-state index >= 15 is 0 Å². The molecule has 10 heteroatoms. The number of rotatable bonds is 12. The maximum atomic E-state index is 13.6. The zero-order chi connectivity index (χ0) is 31.5. The molecule has 0 aromatic heterocycles. The minimum absolute atomic E-state index is 0.00554. The molecule has 3 amide bonds. The number of para-hydroxylation sites is 1. The number of halogens is 1. The van der Waals surface area contributed by atoms with Crippen LogP contribution in [0.5, 0.6) is 11.5 Å². The third-order valence-corrected chi connectivity index (χ3v) is 8.12. The maximum Gasteiger partial charge on any atom is 0.272 e. The van der Waals surface area contributed by atoms with Crippen LogP contribution in [0.1, 0.15) is 29.3 Å². The van der Waals surface area contributed by atoms with Crippen LogP contribution in [-0.4, -0.2) is 37.2 Å². The molecule has 0 spiro atoms. The number of amides is 3. The summed E-state index contributed by atoms with van der Waals surface area (Å²) in [4.78, 5) is 40.5. The first-order chi connectivity index (χ1) is 21.3. The number of hydrogen-bond donors (Lipinski definition) is 3. The molecule has 4 aromatic rings. The van der Waals surface area contributed by atoms with Gasteiger partial charge in [0.15, 0.2) is 0 Å². The van der Waals surface area contributed by atoms with Crippen molar-refractivity contribution in [3.8, 4) is 11.5 Å². The lowest BCUT2D eigenvalue weighted by Crippen LogP contribution is -2.30. The summed E-state index contributed by atoms with van der Waals surface area (Å²) in [5.74, 6) is -0.136. The van der Waals surface area contributed by atoms with E-state index in [4.69, 9.17) is 21.1 Å². The summed E-state index contributed by atoms with van der Waals surface area (Å²) >= 11 is 7.58. The molecule has 44 heavy (non-hydrogen) atoms. The molecule has 0 saturated carbocycles.